The number of nitrogens with zero attached hydrogens (tertiary/aromatic N) is 3. The monoisotopic (exact) mass is 464 g/mol. The first-order valence-corrected chi connectivity index (χ1v) is 8.85. The van der Waals surface area contributed by atoms with Gasteiger partial charge >= 0.3 is 0 Å². The second-order valence-electron chi connectivity index (χ2n) is 5.34. The van der Waals surface area contributed by atoms with E-state index < -0.39 is 0 Å². The van der Waals surface area contributed by atoms with Crippen LogP contribution in [0.2, 0.25) is 0 Å². The van der Waals surface area contributed by atoms with E-state index in [0.29, 0.717) is 23.6 Å². The lowest BCUT2D eigenvalue weighted by Crippen LogP contribution is -2.24. The zero-order valence-corrected chi connectivity index (χ0v) is 16.4. The van der Waals surface area contributed by atoms with Crippen LogP contribution in [0, 0.1) is 3.57 Å². The highest BCUT2D eigenvalue weighted by molar-refractivity contribution is 14.1. The van der Waals surface area contributed by atoms with Crippen molar-refractivity contribution in [3.8, 4) is 17.3 Å². The van der Waals surface area contributed by atoms with Gasteiger partial charge in [0.25, 0.3) is 5.91 Å². The summed E-state index contributed by atoms with van der Waals surface area (Å²) >= 11 is 2.10. The van der Waals surface area contributed by atoms with Crippen molar-refractivity contribution in [3.63, 3.8) is 0 Å². The van der Waals surface area contributed by atoms with Gasteiger partial charge in [0, 0.05) is 28.7 Å². The van der Waals surface area contributed by atoms with Gasteiger partial charge in [-0.2, -0.15) is 5.10 Å². The average molecular weight is 464 g/mol. The standard InChI is InChI=1S/C18H17IN4O3/c1-25-15-8-13(14(19)9-16(15)26-2)18(24)21-11-12-4-5-17(20-10-12)23-7-3-6-22-23/h3-10H,11H2,1-2H3,(H,21,24). The Morgan fingerprint density at radius 2 is 2.00 bits per heavy atom. The molecule has 7 nitrogen and oxygen atoms in total. The minimum atomic E-state index is -0.188. The Morgan fingerprint density at radius 3 is 2.62 bits per heavy atom. The Kier molecular flexibility index (Phi) is 5.71. The van der Waals surface area contributed by atoms with Gasteiger partial charge in [-0.3, -0.25) is 4.79 Å². The number of hydrogen-bond acceptors (Lipinski definition) is 5. The average Bonchev–Trinajstić information content (AvgIpc) is 3.21. The van der Waals surface area contributed by atoms with Crippen LogP contribution < -0.4 is 14.8 Å². The molecule has 0 bridgehead atoms. The van der Waals surface area contributed by atoms with Gasteiger partial charge in [0.15, 0.2) is 17.3 Å². The summed E-state index contributed by atoms with van der Waals surface area (Å²) in [7, 11) is 3.10. The fraction of sp³-hybridized carbons (Fsp3) is 0.167. The Labute approximate surface area is 164 Å². The summed E-state index contributed by atoms with van der Waals surface area (Å²) in [6.45, 7) is 0.371. The summed E-state index contributed by atoms with van der Waals surface area (Å²) in [6, 6.07) is 9.04. The van der Waals surface area contributed by atoms with Gasteiger partial charge in [0.1, 0.15) is 0 Å². The first kappa shape index (κ1) is 18.2. The van der Waals surface area contributed by atoms with Gasteiger partial charge < -0.3 is 14.8 Å². The van der Waals surface area contributed by atoms with Crippen molar-refractivity contribution in [3.05, 3.63) is 63.6 Å². The van der Waals surface area contributed by atoms with E-state index in [-0.39, 0.29) is 5.91 Å². The van der Waals surface area contributed by atoms with Crippen LogP contribution >= 0.6 is 22.6 Å². The molecule has 0 aliphatic rings. The molecular formula is C18H17IN4O3. The molecule has 134 valence electrons. The lowest BCUT2D eigenvalue weighted by molar-refractivity contribution is 0.0949. The third-order valence-corrected chi connectivity index (χ3v) is 4.61. The van der Waals surface area contributed by atoms with Gasteiger partial charge in [-0.05, 0) is 52.4 Å². The van der Waals surface area contributed by atoms with Crippen LogP contribution in [0.4, 0.5) is 0 Å². The van der Waals surface area contributed by atoms with Crippen molar-refractivity contribution in [1.29, 1.82) is 0 Å². The third kappa shape index (κ3) is 3.96. The number of benzene rings is 1. The number of carbonyl (C=O) groups is 1. The van der Waals surface area contributed by atoms with E-state index in [1.54, 1.807) is 43.4 Å². The Bertz CT molecular complexity index is 896. The molecule has 0 radical (unpaired) electrons. The summed E-state index contributed by atoms with van der Waals surface area (Å²) in [6.07, 6.45) is 5.24. The highest BCUT2D eigenvalue weighted by Gasteiger charge is 2.15. The highest BCUT2D eigenvalue weighted by atomic mass is 127. The van der Waals surface area contributed by atoms with E-state index in [9.17, 15) is 4.79 Å². The highest BCUT2D eigenvalue weighted by Crippen LogP contribution is 2.31. The number of nitrogens with one attached hydrogen (secondary N) is 1. The van der Waals surface area contributed by atoms with Gasteiger partial charge in [-0.1, -0.05) is 6.07 Å². The molecule has 0 aliphatic heterocycles. The van der Waals surface area contributed by atoms with Gasteiger partial charge in [-0.15, -0.1) is 0 Å². The minimum Gasteiger partial charge on any atom is -0.493 e. The van der Waals surface area contributed by atoms with Gasteiger partial charge in [0.05, 0.1) is 19.8 Å². The zero-order valence-electron chi connectivity index (χ0n) is 14.3. The molecule has 2 heterocycles. The molecule has 26 heavy (non-hydrogen) atoms. The smallest absolute Gasteiger partial charge is 0.252 e. The molecule has 1 amide bonds. The lowest BCUT2D eigenvalue weighted by Gasteiger charge is -2.12. The number of hydrogen-bond donors (Lipinski definition) is 1. The molecule has 0 unspecified atom stereocenters. The maximum atomic E-state index is 12.5. The molecule has 3 rings (SSSR count). The second kappa shape index (κ2) is 8.17. The van der Waals surface area contributed by atoms with Gasteiger partial charge in [-0.25, -0.2) is 9.67 Å². The number of halogens is 1. The van der Waals surface area contributed by atoms with Crippen molar-refractivity contribution in [2.24, 2.45) is 0 Å². The molecule has 1 aromatic carbocycles. The fourth-order valence-electron chi connectivity index (χ4n) is 2.37. The van der Waals surface area contributed by atoms with E-state index in [1.807, 2.05) is 24.4 Å². The first-order chi connectivity index (χ1) is 12.6. The molecule has 0 spiro atoms. The van der Waals surface area contributed by atoms with Crippen LogP contribution in [0.3, 0.4) is 0 Å². The number of rotatable bonds is 6. The number of carbonyl (C=O) groups excluding carboxylic acids is 1. The number of ether oxygens (including phenoxy) is 2. The Morgan fingerprint density at radius 1 is 1.23 bits per heavy atom. The topological polar surface area (TPSA) is 78.3 Å². The Hall–Kier alpha value is -2.62. The molecule has 0 aliphatic carbocycles. The van der Waals surface area contributed by atoms with E-state index in [0.717, 1.165) is 15.0 Å². The molecular weight excluding hydrogens is 447 g/mol. The van der Waals surface area contributed by atoms with Crippen molar-refractivity contribution < 1.29 is 14.3 Å². The maximum absolute atomic E-state index is 12.5. The van der Waals surface area contributed by atoms with E-state index in [2.05, 4.69) is 38.0 Å². The molecule has 1 N–H and O–H groups in total. The van der Waals surface area contributed by atoms with Crippen molar-refractivity contribution in [2.45, 2.75) is 6.54 Å². The molecule has 8 heteroatoms. The molecule has 0 saturated carbocycles. The third-order valence-electron chi connectivity index (χ3n) is 3.72. The van der Waals surface area contributed by atoms with Crippen LogP contribution in [-0.2, 0) is 6.54 Å². The summed E-state index contributed by atoms with van der Waals surface area (Å²) in [5.41, 5.74) is 1.43. The van der Waals surface area contributed by atoms with E-state index in [1.165, 1.54) is 0 Å². The fourth-order valence-corrected chi connectivity index (χ4v) is 3.05. The Balaban J connectivity index is 1.69. The summed E-state index contributed by atoms with van der Waals surface area (Å²) in [5, 5.41) is 7.03. The van der Waals surface area contributed by atoms with Crippen LogP contribution in [-0.4, -0.2) is 34.9 Å². The SMILES string of the molecule is COc1cc(I)c(C(=O)NCc2ccc(-n3cccn3)nc2)cc1OC. The summed E-state index contributed by atoms with van der Waals surface area (Å²) < 4.78 is 13.0. The molecule has 2 aromatic heterocycles. The van der Waals surface area contributed by atoms with Crippen molar-refractivity contribution in [1.82, 2.24) is 20.1 Å². The molecule has 0 fully saturated rings. The largest absolute Gasteiger partial charge is 0.493 e. The van der Waals surface area contributed by atoms with Gasteiger partial charge in [0.2, 0.25) is 0 Å². The van der Waals surface area contributed by atoms with Crippen LogP contribution in [0.25, 0.3) is 5.82 Å². The normalized spacial score (nSPS) is 10.4. The van der Waals surface area contributed by atoms with E-state index in [4.69, 9.17) is 9.47 Å². The molecule has 0 atom stereocenters. The predicted molar refractivity (Wildman–Crippen MR) is 105 cm³/mol. The first-order valence-electron chi connectivity index (χ1n) is 7.77. The number of aromatic nitrogens is 3. The second-order valence-corrected chi connectivity index (χ2v) is 6.51. The number of pyridine rings is 1. The molecule has 0 saturated heterocycles. The van der Waals surface area contributed by atoms with Crippen molar-refractivity contribution >= 4 is 28.5 Å². The lowest BCUT2D eigenvalue weighted by atomic mass is 10.2. The predicted octanol–water partition coefficient (Wildman–Crippen LogP) is 2.82. The van der Waals surface area contributed by atoms with Crippen LogP contribution in [0.15, 0.2) is 48.9 Å². The van der Waals surface area contributed by atoms with Crippen LogP contribution in [0.1, 0.15) is 15.9 Å². The van der Waals surface area contributed by atoms with Crippen LogP contribution in [0.5, 0.6) is 11.5 Å². The summed E-state index contributed by atoms with van der Waals surface area (Å²) in [5.74, 6) is 1.64. The van der Waals surface area contributed by atoms with E-state index >= 15 is 0 Å². The number of methoxy groups -OCH3 is 2. The number of amides is 1. The summed E-state index contributed by atoms with van der Waals surface area (Å²) in [4.78, 5) is 16.9. The minimum absolute atomic E-state index is 0.188. The quantitative estimate of drug-likeness (QED) is 0.568. The zero-order chi connectivity index (χ0) is 18.5. The maximum Gasteiger partial charge on any atom is 0.252 e. The molecule has 3 aromatic rings. The van der Waals surface area contributed by atoms with Crippen molar-refractivity contribution in [2.75, 3.05) is 14.2 Å².